The van der Waals surface area contributed by atoms with E-state index in [4.69, 9.17) is 4.55 Å². The normalized spacial score (nSPS) is 14.0. The van der Waals surface area contributed by atoms with E-state index in [1.165, 1.54) is 0 Å². The largest absolute Gasteiger partial charge is 0.285 e. The molecule has 4 nitrogen and oxygen atoms in total. The maximum Gasteiger partial charge on any atom is 0.271 e. The van der Waals surface area contributed by atoms with Crippen molar-refractivity contribution in [2.75, 3.05) is 0 Å². The molecule has 6 heteroatoms. The lowest BCUT2D eigenvalue weighted by molar-refractivity contribution is 0.479. The quantitative estimate of drug-likeness (QED) is 0.600. The Kier molecular flexibility index (Phi) is 3.36. The molecule has 2 unspecified atom stereocenters. The molecule has 0 aliphatic rings. The molecule has 0 radical (unpaired) electrons. The van der Waals surface area contributed by atoms with Crippen LogP contribution in [0.3, 0.4) is 0 Å². The summed E-state index contributed by atoms with van der Waals surface area (Å²) in [4.78, 5) is 2.97. The van der Waals surface area contributed by atoms with Crippen molar-refractivity contribution in [1.82, 2.24) is 4.98 Å². The Hall–Kier alpha value is -0.510. The van der Waals surface area contributed by atoms with Gasteiger partial charge in [0.15, 0.2) is 0 Å². The summed E-state index contributed by atoms with van der Waals surface area (Å²) in [7, 11) is -1.88. The summed E-state index contributed by atoms with van der Waals surface area (Å²) in [6.07, 6.45) is 3.42. The fourth-order valence-corrected chi connectivity index (χ4v) is 1.53. The average molecular weight is 219 g/mol. The first kappa shape index (κ1) is 10.6. The smallest absolute Gasteiger partial charge is 0.271 e. The molecule has 0 saturated heterocycles. The Bertz CT molecular complexity index is 365. The zero-order valence-corrected chi connectivity index (χ0v) is 8.76. The Morgan fingerprint density at radius 3 is 2.77 bits per heavy atom. The van der Waals surface area contributed by atoms with E-state index >= 15 is 0 Å². The number of pyridine rings is 1. The molecule has 1 heterocycles. The van der Waals surface area contributed by atoms with Gasteiger partial charge in [-0.25, -0.2) is 0 Å². The molecule has 0 fully saturated rings. The summed E-state index contributed by atoms with van der Waals surface area (Å²) in [5, 5.41) is 0. The molecule has 0 aliphatic carbocycles. The lowest BCUT2D eigenvalue weighted by atomic mass is 10.2. The maximum absolute atomic E-state index is 10.6. The first-order valence-electron chi connectivity index (χ1n) is 3.61. The Labute approximate surface area is 79.3 Å². The van der Waals surface area contributed by atoms with Crippen molar-refractivity contribution >= 4 is 19.4 Å². The third-order valence-electron chi connectivity index (χ3n) is 1.54. The van der Waals surface area contributed by atoms with Crippen LogP contribution in [0.5, 0.6) is 0 Å². The van der Waals surface area contributed by atoms with E-state index < -0.39 is 15.1 Å². The van der Waals surface area contributed by atoms with E-state index in [2.05, 4.69) is 14.2 Å². The summed E-state index contributed by atoms with van der Waals surface area (Å²) < 4.78 is 30.0. The zero-order chi connectivity index (χ0) is 9.90. The molecule has 0 bridgehead atoms. The minimum atomic E-state index is -3.97. The lowest BCUT2D eigenvalue weighted by Crippen LogP contribution is -2.15. The fraction of sp³-hybridized carbons (Fsp3) is 0.286. The lowest BCUT2D eigenvalue weighted by Gasteiger charge is -2.06. The molecule has 0 aromatic carbocycles. The number of hydrogen-bond donors (Lipinski definition) is 1. The molecule has 1 rings (SSSR count). The molecule has 72 valence electrons. The molecule has 2 atom stereocenters. The van der Waals surface area contributed by atoms with Crippen LogP contribution in [0.25, 0.3) is 0 Å². The van der Waals surface area contributed by atoms with Crippen molar-refractivity contribution < 1.29 is 13.0 Å². The van der Waals surface area contributed by atoms with Crippen molar-refractivity contribution in [3.05, 3.63) is 30.1 Å². The Balaban J connectivity index is 2.72. The highest BCUT2D eigenvalue weighted by Gasteiger charge is 2.17. The predicted molar refractivity (Wildman–Crippen MR) is 53.0 cm³/mol. The second-order valence-corrected chi connectivity index (χ2v) is 5.54. The fourth-order valence-electron chi connectivity index (χ4n) is 0.856. The molecule has 1 N–H and O–H groups in total. The maximum atomic E-state index is 10.6. The third-order valence-corrected chi connectivity index (χ3v) is 3.74. The minimum absolute atomic E-state index is 0.247. The molecular formula is C7H10NO3PS. The molecule has 0 saturated carbocycles. The number of rotatable bonds is 3. The monoisotopic (exact) mass is 219 g/mol. The van der Waals surface area contributed by atoms with Crippen LogP contribution in [0.2, 0.25) is 0 Å². The Morgan fingerprint density at radius 1 is 1.62 bits per heavy atom. The van der Waals surface area contributed by atoms with Gasteiger partial charge in [-0.15, -0.1) is 9.24 Å². The highest BCUT2D eigenvalue weighted by atomic mass is 32.2. The van der Waals surface area contributed by atoms with E-state index in [1.807, 2.05) is 0 Å². The van der Waals surface area contributed by atoms with Crippen LogP contribution in [-0.4, -0.2) is 22.9 Å². The molecule has 0 aliphatic heterocycles. The summed E-state index contributed by atoms with van der Waals surface area (Å²) in [6, 6.07) is 3.48. The number of hydrogen-bond acceptors (Lipinski definition) is 3. The number of nitrogens with zero attached hydrogens (tertiary/aromatic N) is 1. The van der Waals surface area contributed by atoms with Crippen LogP contribution in [0, 0.1) is 0 Å². The van der Waals surface area contributed by atoms with Crippen molar-refractivity contribution in [2.45, 2.75) is 11.4 Å². The topological polar surface area (TPSA) is 67.3 Å². The predicted octanol–water partition coefficient (Wildman–Crippen LogP) is 0.713. The number of aromatic nitrogens is 1. The minimum Gasteiger partial charge on any atom is -0.285 e. The van der Waals surface area contributed by atoms with Gasteiger partial charge in [0.2, 0.25) is 0 Å². The van der Waals surface area contributed by atoms with Crippen LogP contribution in [0.15, 0.2) is 24.5 Å². The van der Waals surface area contributed by atoms with Gasteiger partial charge in [-0.2, -0.15) is 8.42 Å². The van der Waals surface area contributed by atoms with Gasteiger partial charge in [-0.1, -0.05) is 6.07 Å². The average Bonchev–Trinajstić information content (AvgIpc) is 2.04. The van der Waals surface area contributed by atoms with Gasteiger partial charge in [0.25, 0.3) is 10.1 Å². The van der Waals surface area contributed by atoms with Gasteiger partial charge < -0.3 is 0 Å². The molecular weight excluding hydrogens is 209 g/mol. The van der Waals surface area contributed by atoms with Gasteiger partial charge >= 0.3 is 0 Å². The van der Waals surface area contributed by atoms with Gasteiger partial charge in [-0.3, -0.25) is 9.54 Å². The van der Waals surface area contributed by atoms with E-state index in [1.54, 1.807) is 24.5 Å². The van der Waals surface area contributed by atoms with Gasteiger partial charge in [0.1, 0.15) is 4.99 Å². The zero-order valence-electron chi connectivity index (χ0n) is 6.79. The summed E-state index contributed by atoms with van der Waals surface area (Å²) in [5.41, 5.74) is 0.778. The van der Waals surface area contributed by atoms with E-state index in [0.717, 1.165) is 5.56 Å². The molecule has 13 heavy (non-hydrogen) atoms. The highest BCUT2D eigenvalue weighted by molar-refractivity contribution is 7.90. The van der Waals surface area contributed by atoms with E-state index in [0.29, 0.717) is 0 Å². The summed E-state index contributed by atoms with van der Waals surface area (Å²) >= 11 is 0. The van der Waals surface area contributed by atoms with Crippen molar-refractivity contribution in [1.29, 1.82) is 0 Å². The van der Waals surface area contributed by atoms with Crippen molar-refractivity contribution in [3.63, 3.8) is 0 Å². The van der Waals surface area contributed by atoms with Crippen LogP contribution in [0.1, 0.15) is 5.56 Å². The molecule has 1 aromatic heterocycles. The van der Waals surface area contributed by atoms with E-state index in [9.17, 15) is 8.42 Å². The van der Waals surface area contributed by atoms with Crippen LogP contribution in [-0.2, 0) is 16.5 Å². The summed E-state index contributed by atoms with van der Waals surface area (Å²) in [6.45, 7) is 0. The molecule has 0 amide bonds. The van der Waals surface area contributed by atoms with Gasteiger partial charge in [0, 0.05) is 12.4 Å². The first-order valence-corrected chi connectivity index (χ1v) is 5.78. The van der Waals surface area contributed by atoms with Crippen molar-refractivity contribution in [2.24, 2.45) is 0 Å². The molecule has 1 aromatic rings. The standard InChI is InChI=1S/C7H10NO3PS/c9-13(10,11)7(12)4-6-2-1-3-8-5-6/h1-3,5,7H,4,12H2,(H,9,10,11). The van der Waals surface area contributed by atoms with Gasteiger partial charge in [0.05, 0.1) is 0 Å². The van der Waals surface area contributed by atoms with Crippen LogP contribution >= 0.6 is 9.24 Å². The van der Waals surface area contributed by atoms with E-state index in [-0.39, 0.29) is 6.42 Å². The SMILES string of the molecule is O=S(=O)(O)C(P)Cc1cccnc1. The third kappa shape index (κ3) is 3.38. The second-order valence-electron chi connectivity index (χ2n) is 2.62. The van der Waals surface area contributed by atoms with Crippen molar-refractivity contribution in [3.8, 4) is 0 Å². The van der Waals surface area contributed by atoms with Gasteiger partial charge in [-0.05, 0) is 18.1 Å². The second kappa shape index (κ2) is 4.13. The Morgan fingerprint density at radius 2 is 2.31 bits per heavy atom. The first-order chi connectivity index (χ1) is 6.00. The molecule has 0 spiro atoms. The summed E-state index contributed by atoms with van der Waals surface area (Å²) in [5.74, 6) is 0. The van der Waals surface area contributed by atoms with Crippen LogP contribution < -0.4 is 0 Å². The highest BCUT2D eigenvalue weighted by Crippen LogP contribution is 2.13. The van der Waals surface area contributed by atoms with Crippen LogP contribution in [0.4, 0.5) is 0 Å².